The fraction of sp³-hybridized carbons (Fsp3) is 0.429. The molecule has 7 nitrogen and oxygen atoms in total. The summed E-state index contributed by atoms with van der Waals surface area (Å²) in [5.74, 6) is 1.26. The molecule has 0 radical (unpaired) electrons. The van der Waals surface area contributed by atoms with Gasteiger partial charge in [-0.15, -0.1) is 0 Å². The van der Waals surface area contributed by atoms with Gasteiger partial charge in [-0.3, -0.25) is 4.79 Å². The van der Waals surface area contributed by atoms with Crippen molar-refractivity contribution in [3.63, 3.8) is 0 Å². The molecule has 164 valence electrons. The van der Waals surface area contributed by atoms with Crippen LogP contribution in [-0.2, 0) is 4.79 Å². The number of amides is 1. The molecule has 0 aliphatic carbocycles. The number of halogens is 1. The second kappa shape index (κ2) is 9.58. The summed E-state index contributed by atoms with van der Waals surface area (Å²) >= 11 is 9.13. The number of ether oxygens (including phenoxy) is 1. The van der Waals surface area contributed by atoms with Crippen LogP contribution in [0.1, 0.15) is 25.3 Å². The Kier molecular flexibility index (Phi) is 6.83. The van der Waals surface area contributed by atoms with Crippen LogP contribution in [0.5, 0.6) is 5.75 Å². The van der Waals surface area contributed by atoms with Gasteiger partial charge in [-0.2, -0.15) is 4.98 Å². The molecule has 1 fully saturated rings. The molecule has 1 aromatic carbocycles. The Morgan fingerprint density at radius 2 is 2.26 bits per heavy atom. The predicted octanol–water partition coefficient (Wildman–Crippen LogP) is 5.02. The zero-order chi connectivity index (χ0) is 22.0. The average Bonchev–Trinajstić information content (AvgIpc) is 3.20. The van der Waals surface area contributed by atoms with Gasteiger partial charge in [-0.05, 0) is 37.3 Å². The molecule has 4 rings (SSSR count). The molecular weight excluding hydrogens is 454 g/mol. The van der Waals surface area contributed by atoms with E-state index in [0.29, 0.717) is 28.0 Å². The van der Waals surface area contributed by atoms with E-state index in [1.165, 1.54) is 30.9 Å². The number of nitrogens with one attached hydrogen (secondary N) is 1. The molecule has 1 saturated heterocycles. The Labute approximate surface area is 194 Å². The second-order valence-electron chi connectivity index (χ2n) is 7.66. The molecule has 1 unspecified atom stereocenters. The van der Waals surface area contributed by atoms with E-state index in [4.69, 9.17) is 21.3 Å². The zero-order valence-corrected chi connectivity index (χ0v) is 20.0. The van der Waals surface area contributed by atoms with Crippen molar-refractivity contribution in [3.8, 4) is 5.75 Å². The highest BCUT2D eigenvalue weighted by Crippen LogP contribution is 2.36. The van der Waals surface area contributed by atoms with Gasteiger partial charge >= 0.3 is 0 Å². The summed E-state index contributed by atoms with van der Waals surface area (Å²) in [6.45, 7) is 6.19. The first-order valence-electron chi connectivity index (χ1n) is 10.1. The second-order valence-corrected chi connectivity index (χ2v) is 10.0. The molecule has 1 atom stereocenters. The molecule has 1 aliphatic heterocycles. The number of anilines is 2. The van der Waals surface area contributed by atoms with Crippen molar-refractivity contribution >= 4 is 61.8 Å². The summed E-state index contributed by atoms with van der Waals surface area (Å²) < 4.78 is 6.26. The number of nitrogens with zero attached hydrogens (tertiary/aromatic N) is 4. The van der Waals surface area contributed by atoms with Crippen molar-refractivity contribution < 1.29 is 9.53 Å². The maximum atomic E-state index is 12.6. The highest BCUT2D eigenvalue weighted by Gasteiger charge is 2.21. The summed E-state index contributed by atoms with van der Waals surface area (Å²) in [4.78, 5) is 28.4. The maximum absolute atomic E-state index is 12.6. The third-order valence-electron chi connectivity index (χ3n) is 5.17. The van der Waals surface area contributed by atoms with Crippen molar-refractivity contribution in [1.82, 2.24) is 15.0 Å². The van der Waals surface area contributed by atoms with Crippen LogP contribution < -0.4 is 15.0 Å². The topological polar surface area (TPSA) is 80.2 Å². The molecule has 31 heavy (non-hydrogen) atoms. The average molecular weight is 478 g/mol. The van der Waals surface area contributed by atoms with Crippen molar-refractivity contribution in [2.24, 2.45) is 5.92 Å². The van der Waals surface area contributed by atoms with Crippen LogP contribution in [-0.4, -0.2) is 46.8 Å². The lowest BCUT2D eigenvalue weighted by Gasteiger charge is -2.30. The highest BCUT2D eigenvalue weighted by atomic mass is 35.5. The van der Waals surface area contributed by atoms with Crippen molar-refractivity contribution in [2.75, 3.05) is 36.2 Å². The summed E-state index contributed by atoms with van der Waals surface area (Å²) in [6, 6.07) is 3.51. The van der Waals surface area contributed by atoms with Crippen molar-refractivity contribution in [2.45, 2.75) is 31.7 Å². The number of piperidine rings is 1. The van der Waals surface area contributed by atoms with E-state index in [-0.39, 0.29) is 11.7 Å². The number of hydrogen-bond donors (Lipinski definition) is 1. The third kappa shape index (κ3) is 5.05. The van der Waals surface area contributed by atoms with E-state index in [1.54, 1.807) is 24.5 Å². The minimum Gasteiger partial charge on any atom is -0.495 e. The first-order chi connectivity index (χ1) is 14.9. The normalized spacial score (nSPS) is 16.5. The first kappa shape index (κ1) is 22.1. The van der Waals surface area contributed by atoms with Gasteiger partial charge in [0.25, 0.3) is 0 Å². The van der Waals surface area contributed by atoms with Crippen LogP contribution in [0.25, 0.3) is 10.3 Å². The fourth-order valence-corrected chi connectivity index (χ4v) is 5.65. The number of hydrogen-bond acceptors (Lipinski definition) is 8. The van der Waals surface area contributed by atoms with Gasteiger partial charge in [-0.25, -0.2) is 9.97 Å². The largest absolute Gasteiger partial charge is 0.495 e. The molecule has 0 saturated carbocycles. The van der Waals surface area contributed by atoms with Gasteiger partial charge in [-0.1, -0.05) is 41.6 Å². The molecule has 1 aliphatic rings. The molecule has 0 bridgehead atoms. The van der Waals surface area contributed by atoms with Gasteiger partial charge in [0, 0.05) is 24.2 Å². The number of thiazole rings is 1. The van der Waals surface area contributed by atoms with E-state index in [0.717, 1.165) is 33.5 Å². The lowest BCUT2D eigenvalue weighted by Crippen LogP contribution is -2.34. The number of thioether (sulfide) groups is 1. The number of fused-ring (bicyclic) bond motifs is 1. The number of aromatic nitrogens is 3. The van der Waals surface area contributed by atoms with Gasteiger partial charge in [0.2, 0.25) is 5.91 Å². The lowest BCUT2D eigenvalue weighted by atomic mass is 10.0. The fourth-order valence-electron chi connectivity index (χ4n) is 3.57. The minimum absolute atomic E-state index is 0.147. The van der Waals surface area contributed by atoms with Crippen LogP contribution >= 0.6 is 34.7 Å². The van der Waals surface area contributed by atoms with Gasteiger partial charge < -0.3 is 15.0 Å². The molecule has 1 amide bonds. The number of carbonyl (C=O) groups excluding carboxylic acids is 1. The van der Waals surface area contributed by atoms with E-state index in [9.17, 15) is 4.79 Å². The minimum atomic E-state index is -0.147. The van der Waals surface area contributed by atoms with Crippen molar-refractivity contribution in [3.05, 3.63) is 29.0 Å². The summed E-state index contributed by atoms with van der Waals surface area (Å²) in [5, 5.41) is 5.25. The highest BCUT2D eigenvalue weighted by molar-refractivity contribution is 8.00. The van der Waals surface area contributed by atoms with Gasteiger partial charge in [0.1, 0.15) is 21.8 Å². The number of rotatable bonds is 6. The molecule has 10 heteroatoms. The Morgan fingerprint density at radius 3 is 3.03 bits per heavy atom. The molecular formula is C21H24ClN5O2S2. The monoisotopic (exact) mass is 477 g/mol. The van der Waals surface area contributed by atoms with Crippen LogP contribution in [0.15, 0.2) is 23.5 Å². The van der Waals surface area contributed by atoms with Crippen LogP contribution in [0.2, 0.25) is 5.02 Å². The molecule has 2 aromatic heterocycles. The summed E-state index contributed by atoms with van der Waals surface area (Å²) in [6.07, 6.45) is 3.95. The Balaban J connectivity index is 1.46. The van der Waals surface area contributed by atoms with Crippen LogP contribution in [0, 0.1) is 12.8 Å². The standard InChI is InChI=1S/C21H24ClN5O2S2/c1-12-5-4-6-27(9-12)21-26-19-18(31-21)20(24-11-23-19)30-10-17(28)25-15-7-13(2)14(22)8-16(15)29-3/h7-8,11-12H,4-6,9-10H2,1-3H3,(H,25,28). The molecule has 3 heterocycles. The molecule has 0 spiro atoms. The lowest BCUT2D eigenvalue weighted by molar-refractivity contribution is -0.113. The number of benzene rings is 1. The van der Waals surface area contributed by atoms with Gasteiger partial charge in [0.05, 0.1) is 18.6 Å². The van der Waals surface area contributed by atoms with E-state index in [2.05, 4.69) is 27.1 Å². The summed E-state index contributed by atoms with van der Waals surface area (Å²) in [5.41, 5.74) is 2.15. The number of carbonyl (C=O) groups is 1. The van der Waals surface area contributed by atoms with Crippen LogP contribution in [0.3, 0.4) is 0 Å². The van der Waals surface area contributed by atoms with E-state index >= 15 is 0 Å². The molecule has 3 aromatic rings. The Morgan fingerprint density at radius 1 is 1.42 bits per heavy atom. The van der Waals surface area contributed by atoms with E-state index < -0.39 is 0 Å². The number of aryl methyl sites for hydroxylation is 1. The van der Waals surface area contributed by atoms with E-state index in [1.807, 2.05) is 13.0 Å². The van der Waals surface area contributed by atoms with Crippen molar-refractivity contribution in [1.29, 1.82) is 0 Å². The number of methoxy groups -OCH3 is 1. The van der Waals surface area contributed by atoms with Crippen LogP contribution in [0.4, 0.5) is 10.8 Å². The zero-order valence-electron chi connectivity index (χ0n) is 17.6. The Hall–Kier alpha value is -2.10. The maximum Gasteiger partial charge on any atom is 0.234 e. The quantitative estimate of drug-likeness (QED) is 0.394. The van der Waals surface area contributed by atoms with Gasteiger partial charge in [0.15, 0.2) is 10.8 Å². The third-order valence-corrected chi connectivity index (χ3v) is 7.81. The first-order valence-corrected chi connectivity index (χ1v) is 12.3. The summed E-state index contributed by atoms with van der Waals surface area (Å²) in [7, 11) is 1.55. The smallest absolute Gasteiger partial charge is 0.234 e. The SMILES string of the molecule is COc1cc(Cl)c(C)cc1NC(=O)CSc1ncnc2nc(N3CCCC(C)C3)sc12. The Bertz CT molecular complexity index is 1110. The molecule has 1 N–H and O–H groups in total. The predicted molar refractivity (Wildman–Crippen MR) is 128 cm³/mol.